The summed E-state index contributed by atoms with van der Waals surface area (Å²) in [5, 5.41) is 8.61. The van der Waals surface area contributed by atoms with Crippen LogP contribution < -0.4 is 0 Å². The first-order valence-electron chi connectivity index (χ1n) is 3.39. The van der Waals surface area contributed by atoms with Crippen LogP contribution in [0.1, 0.15) is 20.7 Å². The van der Waals surface area contributed by atoms with Crippen molar-refractivity contribution in [2.75, 3.05) is 0 Å². The summed E-state index contributed by atoms with van der Waals surface area (Å²) in [7, 11) is 1.81. The molecule has 72 valence electrons. The van der Waals surface area contributed by atoms with Crippen LogP contribution in [0.3, 0.4) is 0 Å². The zero-order chi connectivity index (χ0) is 9.84. The first-order chi connectivity index (χ1) is 6.15. The molecule has 0 saturated heterocycles. The van der Waals surface area contributed by atoms with Crippen LogP contribution in [0, 0.1) is 0 Å². The van der Waals surface area contributed by atoms with Gasteiger partial charge in [0.25, 0.3) is 0 Å². The van der Waals surface area contributed by atoms with Crippen molar-refractivity contribution in [2.45, 2.75) is 0 Å². The predicted molar refractivity (Wildman–Crippen MR) is 57.1 cm³/mol. The number of benzene rings is 1. The molecule has 0 aliphatic rings. The minimum atomic E-state index is -1.07. The van der Waals surface area contributed by atoms with Crippen molar-refractivity contribution in [3.63, 3.8) is 0 Å². The Morgan fingerprint density at radius 1 is 1.29 bits per heavy atom. The second-order valence-corrected chi connectivity index (χ2v) is 2.53. The van der Waals surface area contributed by atoms with Crippen LogP contribution in [0.15, 0.2) is 24.3 Å². The maximum atomic E-state index is 11.0. The van der Waals surface area contributed by atoms with Crippen molar-refractivity contribution in [1.82, 2.24) is 0 Å². The Morgan fingerprint density at radius 3 is 2.36 bits per heavy atom. The molecule has 4 nitrogen and oxygen atoms in total. The van der Waals surface area contributed by atoms with E-state index in [1.807, 2.05) is 9.47 Å². The monoisotopic (exact) mass is 240 g/mol. The van der Waals surface area contributed by atoms with Crippen LogP contribution in [0.4, 0.5) is 0 Å². The van der Waals surface area contributed by atoms with Crippen molar-refractivity contribution in [3.05, 3.63) is 35.4 Å². The van der Waals surface area contributed by atoms with Gasteiger partial charge in [0.15, 0.2) is 0 Å². The maximum absolute atomic E-state index is 11.0. The van der Waals surface area contributed by atoms with E-state index in [0.29, 0.717) is 0 Å². The number of carboxylic acids is 1. The van der Waals surface area contributed by atoms with Crippen LogP contribution in [0.2, 0.25) is 0 Å². The third kappa shape index (κ3) is 3.54. The molecule has 0 spiro atoms. The molecule has 0 saturated carbocycles. The number of carbonyl (C=O) groups excluding carboxylic acids is 1. The van der Waals surface area contributed by atoms with Crippen LogP contribution in [0.25, 0.3) is 0 Å². The zero-order valence-electron chi connectivity index (χ0n) is 6.56. The molecule has 1 N–H and O–H groups in total. The summed E-state index contributed by atoms with van der Waals surface area (Å²) in [5.74, 6) is -1.65. The average Bonchev–Trinajstić information content (AvgIpc) is 2.17. The van der Waals surface area contributed by atoms with Crippen molar-refractivity contribution in [2.24, 2.45) is 0 Å². The molecule has 1 aromatic rings. The van der Waals surface area contributed by atoms with Crippen molar-refractivity contribution in [1.29, 1.82) is 0 Å². The molecule has 0 radical (unpaired) electrons. The Balaban J connectivity index is 0.00000169. The van der Waals surface area contributed by atoms with E-state index in [1.165, 1.54) is 24.3 Å². The average molecular weight is 240 g/mol. The topological polar surface area (TPSA) is 63.6 Å². The molecule has 14 heavy (non-hydrogen) atoms. The molecule has 0 aliphatic heterocycles. The van der Waals surface area contributed by atoms with E-state index in [-0.39, 0.29) is 48.9 Å². The van der Waals surface area contributed by atoms with Gasteiger partial charge in [0.2, 0.25) is 0 Å². The van der Waals surface area contributed by atoms with Gasteiger partial charge in [0.1, 0.15) is 0 Å². The molecule has 0 bridgehead atoms. The van der Waals surface area contributed by atoms with E-state index in [2.05, 4.69) is 4.52 Å². The Morgan fingerprint density at radius 2 is 1.86 bits per heavy atom. The molecule has 1 unspecified atom stereocenters. The van der Waals surface area contributed by atoms with Gasteiger partial charge in [0, 0.05) is 0 Å². The molecule has 0 amide bonds. The van der Waals surface area contributed by atoms with Gasteiger partial charge in [-0.3, -0.25) is 0 Å². The van der Waals surface area contributed by atoms with Crippen molar-refractivity contribution >= 4 is 59.1 Å². The number of hydrogen-bond donors (Lipinski definition) is 1. The molecule has 1 atom stereocenters. The van der Waals surface area contributed by atoms with Gasteiger partial charge in [-0.05, 0) is 18.2 Å². The Hall–Kier alpha value is -0.150. The molecule has 1 aromatic carbocycles. The van der Waals surface area contributed by atoms with E-state index in [9.17, 15) is 9.59 Å². The Kier molecular flexibility index (Phi) is 6.29. The summed E-state index contributed by atoms with van der Waals surface area (Å²) in [5.41, 5.74) is 0.280. The van der Waals surface area contributed by atoms with Gasteiger partial charge in [-0.1, -0.05) is 6.07 Å². The molecule has 0 aromatic heterocycles. The van der Waals surface area contributed by atoms with Crippen LogP contribution in [-0.2, 0) is 4.52 Å². The summed E-state index contributed by atoms with van der Waals surface area (Å²) in [4.78, 5) is 21.5. The predicted octanol–water partition coefficient (Wildman–Crippen LogP) is 0.415. The summed E-state index contributed by atoms with van der Waals surface area (Å²) < 4.78 is 4.36. The number of carboxylic acid groups (broad SMARTS) is 1. The molecular formula is C8H9CaO4P. The Bertz CT molecular complexity index is 353. The van der Waals surface area contributed by atoms with Gasteiger partial charge >= 0.3 is 49.7 Å². The SMILES string of the molecule is O=C(O)c1cccc(C(=O)OP)c1.[CaH2]. The van der Waals surface area contributed by atoms with E-state index >= 15 is 0 Å². The van der Waals surface area contributed by atoms with E-state index in [0.717, 1.165) is 0 Å². The Labute approximate surface area is 113 Å². The number of hydrogen-bond acceptors (Lipinski definition) is 3. The third-order valence-corrected chi connectivity index (χ3v) is 1.67. The minimum absolute atomic E-state index is 0. The van der Waals surface area contributed by atoms with E-state index in [1.54, 1.807) is 0 Å². The number of carbonyl (C=O) groups is 2. The van der Waals surface area contributed by atoms with Crippen molar-refractivity contribution in [3.8, 4) is 0 Å². The number of rotatable bonds is 2. The first kappa shape index (κ1) is 13.8. The second kappa shape index (κ2) is 6.36. The fourth-order valence-electron chi connectivity index (χ4n) is 0.847. The summed E-state index contributed by atoms with van der Waals surface area (Å²) >= 11 is 0. The van der Waals surface area contributed by atoms with E-state index < -0.39 is 11.9 Å². The molecule has 1 rings (SSSR count). The molecule has 0 fully saturated rings. The molecule has 6 heteroatoms. The molecular weight excluding hydrogens is 231 g/mol. The summed E-state index contributed by atoms with van der Waals surface area (Å²) in [6.45, 7) is 0. The summed E-state index contributed by atoms with van der Waals surface area (Å²) in [6.07, 6.45) is 0. The van der Waals surface area contributed by atoms with Crippen LogP contribution in [0.5, 0.6) is 0 Å². The van der Waals surface area contributed by atoms with Crippen LogP contribution >= 0.6 is 9.47 Å². The number of aromatic carboxylic acids is 1. The van der Waals surface area contributed by atoms with Gasteiger partial charge in [0.05, 0.1) is 20.6 Å². The summed E-state index contributed by atoms with van der Waals surface area (Å²) in [6, 6.07) is 5.63. The van der Waals surface area contributed by atoms with Gasteiger partial charge < -0.3 is 9.63 Å². The van der Waals surface area contributed by atoms with Gasteiger partial charge in [-0.25, -0.2) is 9.59 Å². The fraction of sp³-hybridized carbons (Fsp3) is 0. The second-order valence-electron chi connectivity index (χ2n) is 2.29. The normalized spacial score (nSPS) is 8.64. The molecule has 0 aliphatic carbocycles. The quantitative estimate of drug-likeness (QED) is 0.601. The van der Waals surface area contributed by atoms with Crippen LogP contribution in [-0.4, -0.2) is 54.8 Å². The molecule has 0 heterocycles. The van der Waals surface area contributed by atoms with E-state index in [4.69, 9.17) is 5.11 Å². The third-order valence-electron chi connectivity index (χ3n) is 1.45. The van der Waals surface area contributed by atoms with Gasteiger partial charge in [-0.2, -0.15) is 0 Å². The zero-order valence-corrected chi connectivity index (χ0v) is 7.71. The fourth-order valence-corrected chi connectivity index (χ4v) is 0.983. The first-order valence-corrected chi connectivity index (χ1v) is 3.86. The van der Waals surface area contributed by atoms with Crippen molar-refractivity contribution < 1.29 is 19.2 Å². The van der Waals surface area contributed by atoms with Gasteiger partial charge in [-0.15, -0.1) is 0 Å². The standard InChI is InChI=1S/C8H7O4P.Ca.2H/c9-7(10)5-2-1-3-6(4-5)8(11)12-13;;;/h1-4H,13H2,(H,9,10);;;.